The van der Waals surface area contributed by atoms with Crippen LogP contribution in [0.1, 0.15) is 23.7 Å². The number of nitrogens with two attached hydrogens (primary N) is 1. The van der Waals surface area contributed by atoms with Gasteiger partial charge in [0, 0.05) is 23.5 Å². The van der Waals surface area contributed by atoms with Crippen LogP contribution in [-0.2, 0) is 4.79 Å². The van der Waals surface area contributed by atoms with E-state index in [1.54, 1.807) is 36.1 Å². The lowest BCUT2D eigenvalue weighted by atomic mass is 9.89. The summed E-state index contributed by atoms with van der Waals surface area (Å²) < 4.78 is 0. The number of amides is 2. The molecule has 1 aromatic carbocycles. The summed E-state index contributed by atoms with van der Waals surface area (Å²) in [6.45, 7) is 2.77. The first-order valence-corrected chi connectivity index (χ1v) is 6.25. The van der Waals surface area contributed by atoms with Gasteiger partial charge in [-0.3, -0.25) is 9.59 Å². The number of carbonyl (C=O) groups excluding carboxylic acids is 2. The van der Waals surface area contributed by atoms with Crippen LogP contribution in [0.2, 0.25) is 0 Å². The van der Waals surface area contributed by atoms with E-state index in [1.807, 2.05) is 0 Å². The number of thiol groups is 1. The monoisotopic (exact) mass is 264 g/mol. The summed E-state index contributed by atoms with van der Waals surface area (Å²) in [5.41, 5.74) is 5.38. The Morgan fingerprint density at radius 2 is 1.94 bits per heavy atom. The Hall–Kier alpha value is -1.49. The minimum Gasteiger partial charge on any atom is -0.369 e. The fraction of sp³-hybridized carbons (Fsp3) is 0.385. The predicted octanol–water partition coefficient (Wildman–Crippen LogP) is 1.31. The Balaban J connectivity index is 2.12. The maximum absolute atomic E-state index is 12.2. The second-order valence-electron chi connectivity index (χ2n) is 4.95. The Kier molecular flexibility index (Phi) is 3.34. The van der Waals surface area contributed by atoms with Gasteiger partial charge in [-0.1, -0.05) is 0 Å². The molecule has 1 aliphatic rings. The van der Waals surface area contributed by atoms with E-state index in [2.05, 4.69) is 12.6 Å². The molecule has 96 valence electrons. The third-order valence-electron chi connectivity index (χ3n) is 3.47. The quantitative estimate of drug-likeness (QED) is 0.791. The topological polar surface area (TPSA) is 63.4 Å². The Labute approximate surface area is 112 Å². The number of benzene rings is 1. The van der Waals surface area contributed by atoms with Gasteiger partial charge >= 0.3 is 0 Å². The second-order valence-corrected chi connectivity index (χ2v) is 5.46. The van der Waals surface area contributed by atoms with Crippen molar-refractivity contribution in [3.8, 4) is 0 Å². The van der Waals surface area contributed by atoms with Crippen LogP contribution < -0.4 is 5.73 Å². The molecular formula is C13H16N2O2S. The van der Waals surface area contributed by atoms with Crippen molar-refractivity contribution in [1.82, 2.24) is 4.90 Å². The van der Waals surface area contributed by atoms with E-state index in [9.17, 15) is 9.59 Å². The molecule has 2 N–H and O–H groups in total. The molecule has 1 aliphatic heterocycles. The van der Waals surface area contributed by atoms with Crippen molar-refractivity contribution >= 4 is 24.4 Å². The summed E-state index contributed by atoms with van der Waals surface area (Å²) in [4.78, 5) is 26.1. The van der Waals surface area contributed by atoms with Crippen molar-refractivity contribution in [3.05, 3.63) is 29.8 Å². The average Bonchev–Trinajstić information content (AvgIpc) is 2.73. The SMILES string of the molecule is CC1(C(N)=O)CCN(C(=O)c2ccc(S)cc2)C1. The maximum Gasteiger partial charge on any atom is 0.253 e. The fourth-order valence-electron chi connectivity index (χ4n) is 2.12. The molecule has 0 saturated carbocycles. The molecular weight excluding hydrogens is 248 g/mol. The minimum absolute atomic E-state index is 0.0618. The molecule has 1 aromatic rings. The first kappa shape index (κ1) is 13.0. The van der Waals surface area contributed by atoms with Gasteiger partial charge in [0.15, 0.2) is 0 Å². The van der Waals surface area contributed by atoms with Crippen molar-refractivity contribution in [3.63, 3.8) is 0 Å². The molecule has 0 spiro atoms. The van der Waals surface area contributed by atoms with E-state index in [1.165, 1.54) is 0 Å². The number of nitrogens with zero attached hydrogens (tertiary/aromatic N) is 1. The molecule has 2 amide bonds. The van der Waals surface area contributed by atoms with Crippen LogP contribution in [0.25, 0.3) is 0 Å². The molecule has 0 bridgehead atoms. The summed E-state index contributed by atoms with van der Waals surface area (Å²) in [5, 5.41) is 0. The highest BCUT2D eigenvalue weighted by molar-refractivity contribution is 7.80. The van der Waals surface area contributed by atoms with Crippen molar-refractivity contribution < 1.29 is 9.59 Å². The van der Waals surface area contributed by atoms with Crippen LogP contribution >= 0.6 is 12.6 Å². The number of hydrogen-bond donors (Lipinski definition) is 2. The molecule has 1 unspecified atom stereocenters. The van der Waals surface area contributed by atoms with Crippen molar-refractivity contribution in [2.75, 3.05) is 13.1 Å². The van der Waals surface area contributed by atoms with Crippen molar-refractivity contribution in [1.29, 1.82) is 0 Å². The van der Waals surface area contributed by atoms with Crippen molar-refractivity contribution in [2.45, 2.75) is 18.2 Å². The van der Waals surface area contributed by atoms with E-state index in [-0.39, 0.29) is 11.8 Å². The third-order valence-corrected chi connectivity index (χ3v) is 3.77. The Bertz CT molecular complexity index is 486. The molecule has 18 heavy (non-hydrogen) atoms. The lowest BCUT2D eigenvalue weighted by molar-refractivity contribution is -0.126. The van der Waals surface area contributed by atoms with Crippen LogP contribution in [0.4, 0.5) is 0 Å². The first-order valence-electron chi connectivity index (χ1n) is 5.81. The van der Waals surface area contributed by atoms with Gasteiger partial charge in [-0.2, -0.15) is 0 Å². The van der Waals surface area contributed by atoms with Crippen LogP contribution in [-0.4, -0.2) is 29.8 Å². The molecule has 1 atom stereocenters. The van der Waals surface area contributed by atoms with E-state index in [0.29, 0.717) is 25.1 Å². The van der Waals surface area contributed by atoms with Gasteiger partial charge in [0.05, 0.1) is 5.41 Å². The van der Waals surface area contributed by atoms with Gasteiger partial charge in [0.1, 0.15) is 0 Å². The predicted molar refractivity (Wildman–Crippen MR) is 71.5 cm³/mol. The molecule has 0 radical (unpaired) electrons. The number of carbonyl (C=O) groups is 2. The molecule has 1 fully saturated rings. The molecule has 0 aromatic heterocycles. The van der Waals surface area contributed by atoms with E-state index in [4.69, 9.17) is 5.73 Å². The molecule has 2 rings (SSSR count). The number of primary amides is 1. The fourth-order valence-corrected chi connectivity index (χ4v) is 2.27. The van der Waals surface area contributed by atoms with Crippen LogP contribution in [0.3, 0.4) is 0 Å². The van der Waals surface area contributed by atoms with Crippen LogP contribution in [0, 0.1) is 5.41 Å². The largest absolute Gasteiger partial charge is 0.369 e. The van der Waals surface area contributed by atoms with E-state index in [0.717, 1.165) is 4.90 Å². The summed E-state index contributed by atoms with van der Waals surface area (Å²) in [7, 11) is 0. The summed E-state index contributed by atoms with van der Waals surface area (Å²) >= 11 is 4.18. The average molecular weight is 264 g/mol. The third kappa shape index (κ3) is 2.36. The highest BCUT2D eigenvalue weighted by Gasteiger charge is 2.40. The zero-order chi connectivity index (χ0) is 13.3. The van der Waals surface area contributed by atoms with Crippen LogP contribution in [0.5, 0.6) is 0 Å². The molecule has 1 saturated heterocycles. The minimum atomic E-state index is -0.598. The first-order chi connectivity index (χ1) is 8.42. The van der Waals surface area contributed by atoms with Gasteiger partial charge in [0.2, 0.25) is 5.91 Å². The normalized spacial score (nSPS) is 23.1. The highest BCUT2D eigenvalue weighted by Crippen LogP contribution is 2.30. The number of hydrogen-bond acceptors (Lipinski definition) is 3. The van der Waals surface area contributed by atoms with Gasteiger partial charge in [-0.25, -0.2) is 0 Å². The Morgan fingerprint density at radius 1 is 1.33 bits per heavy atom. The second kappa shape index (κ2) is 4.65. The number of likely N-dealkylation sites (tertiary alicyclic amines) is 1. The van der Waals surface area contributed by atoms with E-state index < -0.39 is 5.41 Å². The highest BCUT2D eigenvalue weighted by atomic mass is 32.1. The van der Waals surface area contributed by atoms with Gasteiger partial charge in [-0.05, 0) is 37.6 Å². The number of rotatable bonds is 2. The zero-order valence-corrected chi connectivity index (χ0v) is 11.1. The molecule has 1 heterocycles. The molecule has 0 aliphatic carbocycles. The standard InChI is InChI=1S/C13H16N2O2S/c1-13(12(14)17)6-7-15(8-13)11(16)9-2-4-10(18)5-3-9/h2-5,18H,6-8H2,1H3,(H2,14,17). The van der Waals surface area contributed by atoms with Gasteiger partial charge in [-0.15, -0.1) is 12.6 Å². The zero-order valence-electron chi connectivity index (χ0n) is 10.2. The summed E-state index contributed by atoms with van der Waals surface area (Å²) in [5.74, 6) is -0.406. The van der Waals surface area contributed by atoms with E-state index >= 15 is 0 Å². The summed E-state index contributed by atoms with van der Waals surface area (Å²) in [6, 6.07) is 7.04. The van der Waals surface area contributed by atoms with Crippen LogP contribution in [0.15, 0.2) is 29.2 Å². The molecule has 5 heteroatoms. The lowest BCUT2D eigenvalue weighted by Gasteiger charge is -2.21. The Morgan fingerprint density at radius 3 is 2.44 bits per heavy atom. The smallest absolute Gasteiger partial charge is 0.253 e. The lowest BCUT2D eigenvalue weighted by Crippen LogP contribution is -2.38. The van der Waals surface area contributed by atoms with Gasteiger partial charge in [0.25, 0.3) is 5.91 Å². The van der Waals surface area contributed by atoms with Crippen molar-refractivity contribution in [2.24, 2.45) is 11.1 Å². The summed E-state index contributed by atoms with van der Waals surface area (Å²) in [6.07, 6.45) is 0.624. The molecule has 4 nitrogen and oxygen atoms in total. The maximum atomic E-state index is 12.2. The van der Waals surface area contributed by atoms with Gasteiger partial charge < -0.3 is 10.6 Å².